The predicted octanol–water partition coefficient (Wildman–Crippen LogP) is 3.95. The van der Waals surface area contributed by atoms with E-state index in [-0.39, 0.29) is 41.0 Å². The number of hydrogen-bond donors (Lipinski definition) is 0. The molecule has 1 heterocycles. The average molecular weight is 490 g/mol. The van der Waals surface area contributed by atoms with E-state index in [1.54, 1.807) is 0 Å². The van der Waals surface area contributed by atoms with Gasteiger partial charge >= 0.3 is 18.3 Å². The van der Waals surface area contributed by atoms with Crippen molar-refractivity contribution in [3.8, 4) is 5.75 Å². The number of benzene rings is 1. The number of hydrogen-bond acceptors (Lipinski definition) is 9. The molecule has 0 N–H and O–H groups in total. The lowest BCUT2D eigenvalue weighted by Gasteiger charge is -2.28. The summed E-state index contributed by atoms with van der Waals surface area (Å²) in [5, 5.41) is 8.80. The third-order valence-corrected chi connectivity index (χ3v) is 3.97. The Morgan fingerprint density at radius 2 is 1.87 bits per heavy atom. The molecule has 0 spiro atoms. The summed E-state index contributed by atoms with van der Waals surface area (Å²) in [7, 11) is 0. The molecule has 1 atom stereocenters. The topological polar surface area (TPSA) is 123 Å². The highest BCUT2D eigenvalue weighted by atomic mass is 35.5. The van der Waals surface area contributed by atoms with Gasteiger partial charge in [0.1, 0.15) is 5.75 Å². The SMILES string of the molecule is O=C(OCCCO[N+](=O)[O-])OCOC(=O)C1=Cc2cc(Cl)cc(Cl)c2O[C@@H]1C(F)(F)F. The molecule has 0 bridgehead atoms. The minimum Gasteiger partial charge on any atom is -0.474 e. The monoisotopic (exact) mass is 489 g/mol. The van der Waals surface area contributed by atoms with Crippen molar-refractivity contribution in [1.29, 1.82) is 0 Å². The summed E-state index contributed by atoms with van der Waals surface area (Å²) in [5.74, 6) is -1.79. The van der Waals surface area contributed by atoms with Gasteiger partial charge in [0, 0.05) is 17.0 Å². The molecule has 1 aliphatic heterocycles. The zero-order valence-corrected chi connectivity index (χ0v) is 16.7. The number of alkyl halides is 3. The molecule has 0 aromatic heterocycles. The van der Waals surface area contributed by atoms with Crippen molar-refractivity contribution in [1.82, 2.24) is 0 Å². The zero-order valence-electron chi connectivity index (χ0n) is 15.1. The van der Waals surface area contributed by atoms with Crippen LogP contribution in [0.5, 0.6) is 5.75 Å². The van der Waals surface area contributed by atoms with Gasteiger partial charge in [0.05, 0.1) is 23.8 Å². The molecule has 0 unspecified atom stereocenters. The van der Waals surface area contributed by atoms with Crippen molar-refractivity contribution in [3.63, 3.8) is 0 Å². The molecule has 1 aromatic carbocycles. The van der Waals surface area contributed by atoms with Gasteiger partial charge in [0.25, 0.3) is 5.09 Å². The average Bonchev–Trinajstić information content (AvgIpc) is 2.65. The second kappa shape index (κ2) is 10.4. The summed E-state index contributed by atoms with van der Waals surface area (Å²) in [6, 6.07) is 2.41. The molecule has 2 rings (SSSR count). The zero-order chi connectivity index (χ0) is 23.2. The van der Waals surface area contributed by atoms with Gasteiger partial charge in [-0.05, 0) is 18.2 Å². The molecule has 15 heteroatoms. The molecule has 0 saturated carbocycles. The fourth-order valence-corrected chi connectivity index (χ4v) is 2.81. The lowest BCUT2D eigenvalue weighted by molar-refractivity contribution is -0.757. The van der Waals surface area contributed by atoms with E-state index < -0.39 is 41.9 Å². The summed E-state index contributed by atoms with van der Waals surface area (Å²) in [5.41, 5.74) is -0.908. The van der Waals surface area contributed by atoms with Crippen LogP contribution in [0.3, 0.4) is 0 Å². The smallest absolute Gasteiger partial charge is 0.474 e. The number of fused-ring (bicyclic) bond motifs is 1. The second-order valence-electron chi connectivity index (χ2n) is 5.65. The lowest BCUT2D eigenvalue weighted by atomic mass is 10.0. The first-order valence-corrected chi connectivity index (χ1v) is 8.92. The van der Waals surface area contributed by atoms with E-state index >= 15 is 0 Å². The number of rotatable bonds is 8. The number of carbonyl (C=O) groups is 2. The van der Waals surface area contributed by atoms with Crippen molar-refractivity contribution < 1.29 is 51.6 Å². The van der Waals surface area contributed by atoms with Gasteiger partial charge in [-0.2, -0.15) is 13.2 Å². The van der Waals surface area contributed by atoms with Crippen LogP contribution in [0.1, 0.15) is 12.0 Å². The van der Waals surface area contributed by atoms with E-state index in [1.165, 1.54) is 12.1 Å². The fourth-order valence-electron chi connectivity index (χ4n) is 2.26. The maximum absolute atomic E-state index is 13.4. The first-order chi connectivity index (χ1) is 14.5. The molecular formula is C16H12Cl2F3NO9. The molecule has 0 amide bonds. The maximum Gasteiger partial charge on any atom is 0.511 e. The highest BCUT2D eigenvalue weighted by molar-refractivity contribution is 6.36. The minimum atomic E-state index is -4.99. The molecule has 0 fully saturated rings. The molecule has 31 heavy (non-hydrogen) atoms. The summed E-state index contributed by atoms with van der Waals surface area (Å²) in [6.45, 7) is -1.71. The number of halogens is 5. The Morgan fingerprint density at radius 3 is 2.52 bits per heavy atom. The third kappa shape index (κ3) is 7.07. The number of carbonyl (C=O) groups excluding carboxylic acids is 2. The Balaban J connectivity index is 1.96. The van der Waals surface area contributed by atoms with Crippen molar-refractivity contribution in [3.05, 3.63) is 43.4 Å². The van der Waals surface area contributed by atoms with Crippen LogP contribution >= 0.6 is 23.2 Å². The van der Waals surface area contributed by atoms with Gasteiger partial charge in [-0.25, -0.2) is 9.59 Å². The minimum absolute atomic E-state index is 0.0159. The van der Waals surface area contributed by atoms with Gasteiger partial charge in [0.15, 0.2) is 0 Å². The van der Waals surface area contributed by atoms with E-state index in [0.717, 1.165) is 6.08 Å². The van der Waals surface area contributed by atoms with Crippen LogP contribution in [0.15, 0.2) is 17.7 Å². The van der Waals surface area contributed by atoms with Crippen LogP contribution in [0.2, 0.25) is 10.0 Å². The molecule has 1 aliphatic rings. The van der Waals surface area contributed by atoms with Crippen LogP contribution < -0.4 is 4.74 Å². The number of nitrogens with zero attached hydrogens (tertiary/aromatic N) is 1. The third-order valence-electron chi connectivity index (χ3n) is 3.47. The Morgan fingerprint density at radius 1 is 1.16 bits per heavy atom. The second-order valence-corrected chi connectivity index (χ2v) is 6.49. The molecule has 1 aromatic rings. The molecule has 0 aliphatic carbocycles. The van der Waals surface area contributed by atoms with Crippen molar-refractivity contribution >= 4 is 41.4 Å². The van der Waals surface area contributed by atoms with Crippen LogP contribution in [-0.4, -0.2) is 49.5 Å². The normalized spacial score (nSPS) is 15.1. The summed E-state index contributed by atoms with van der Waals surface area (Å²) in [6.07, 6.45) is -8.17. The van der Waals surface area contributed by atoms with E-state index in [4.69, 9.17) is 27.9 Å². The van der Waals surface area contributed by atoms with E-state index in [1.807, 2.05) is 0 Å². The summed E-state index contributed by atoms with van der Waals surface area (Å²) < 4.78 is 58.3. The van der Waals surface area contributed by atoms with Gasteiger partial charge in [-0.3, -0.25) is 0 Å². The first-order valence-electron chi connectivity index (χ1n) is 8.17. The largest absolute Gasteiger partial charge is 0.511 e. The first kappa shape index (κ1) is 24.3. The molecular weight excluding hydrogens is 478 g/mol. The predicted molar refractivity (Wildman–Crippen MR) is 95.9 cm³/mol. The van der Waals surface area contributed by atoms with Crippen LogP contribution in [-0.2, 0) is 23.8 Å². The molecule has 170 valence electrons. The Labute approximate surface area is 181 Å². The highest BCUT2D eigenvalue weighted by Gasteiger charge is 2.49. The Hall–Kier alpha value is -2.93. The Bertz CT molecular complexity index is 892. The highest BCUT2D eigenvalue weighted by Crippen LogP contribution is 2.42. The van der Waals surface area contributed by atoms with Gasteiger partial charge in [0.2, 0.25) is 12.9 Å². The Kier molecular flexibility index (Phi) is 8.16. The van der Waals surface area contributed by atoms with Crippen molar-refractivity contribution in [2.24, 2.45) is 0 Å². The summed E-state index contributed by atoms with van der Waals surface area (Å²) in [4.78, 5) is 37.3. The lowest BCUT2D eigenvalue weighted by Crippen LogP contribution is -2.41. The molecule has 0 radical (unpaired) electrons. The quantitative estimate of drug-likeness (QED) is 0.175. The van der Waals surface area contributed by atoms with Gasteiger partial charge < -0.3 is 23.8 Å². The number of ether oxygens (including phenoxy) is 4. The fraction of sp³-hybridized carbons (Fsp3) is 0.375. The van der Waals surface area contributed by atoms with E-state index in [2.05, 4.69) is 19.0 Å². The van der Waals surface area contributed by atoms with Crippen molar-refractivity contribution in [2.45, 2.75) is 18.7 Å². The molecule has 10 nitrogen and oxygen atoms in total. The van der Waals surface area contributed by atoms with Gasteiger partial charge in [-0.15, -0.1) is 10.1 Å². The summed E-state index contributed by atoms with van der Waals surface area (Å²) >= 11 is 11.7. The maximum atomic E-state index is 13.4. The van der Waals surface area contributed by atoms with Crippen LogP contribution in [0.4, 0.5) is 18.0 Å². The van der Waals surface area contributed by atoms with Gasteiger partial charge in [-0.1, -0.05) is 23.2 Å². The van der Waals surface area contributed by atoms with E-state index in [9.17, 15) is 32.9 Å². The van der Waals surface area contributed by atoms with E-state index in [0.29, 0.717) is 0 Å². The number of esters is 1. The standard InChI is InChI=1S/C16H12Cl2F3NO9/c17-9-4-8-5-10(13(16(19,20)21)31-12(8)11(18)6-9)14(23)28-7-29-15(24)27-2-1-3-30-22(25)26/h4-6,13H,1-3,7H2/t13-/m0/s1. The van der Waals surface area contributed by atoms with Crippen LogP contribution in [0, 0.1) is 10.1 Å². The van der Waals surface area contributed by atoms with Crippen molar-refractivity contribution in [2.75, 3.05) is 20.0 Å². The van der Waals surface area contributed by atoms with Crippen LogP contribution in [0.25, 0.3) is 6.08 Å². The molecule has 0 saturated heterocycles.